The van der Waals surface area contributed by atoms with Gasteiger partial charge in [0, 0.05) is 29.8 Å². The first-order valence-electron chi connectivity index (χ1n) is 19.1. The van der Waals surface area contributed by atoms with Crippen LogP contribution in [-0.2, 0) is 30.8 Å². The van der Waals surface area contributed by atoms with E-state index in [0.29, 0.717) is 60.9 Å². The van der Waals surface area contributed by atoms with Crippen LogP contribution < -0.4 is 14.8 Å². The van der Waals surface area contributed by atoms with Crippen molar-refractivity contribution in [3.63, 3.8) is 0 Å². The Bertz CT molecular complexity index is 2040. The Morgan fingerprint density at radius 1 is 1.17 bits per heavy atom. The zero-order valence-electron chi connectivity index (χ0n) is 31.3. The van der Waals surface area contributed by atoms with Crippen LogP contribution >= 0.6 is 0 Å². The van der Waals surface area contributed by atoms with Crippen LogP contribution in [0.4, 0.5) is 9.18 Å². The van der Waals surface area contributed by atoms with Crippen LogP contribution in [0.15, 0.2) is 30.4 Å². The first-order valence-corrected chi connectivity index (χ1v) is 20.6. The number of aromatic nitrogens is 1. The molecule has 4 amide bonds. The number of halogens is 1. The molecule has 3 N–H and O–H groups in total. The molecule has 1 spiro atoms. The van der Waals surface area contributed by atoms with Crippen molar-refractivity contribution in [1.29, 1.82) is 0 Å². The fourth-order valence-electron chi connectivity index (χ4n) is 8.53. The number of fused-ring (bicyclic) bond motifs is 5. The molecule has 2 saturated carbocycles. The molecule has 3 fully saturated rings. The third-order valence-corrected chi connectivity index (χ3v) is 14.3. The van der Waals surface area contributed by atoms with E-state index in [1.165, 1.54) is 21.9 Å². The van der Waals surface area contributed by atoms with Gasteiger partial charge in [-0.2, -0.15) is 0 Å². The number of carboxylic acid groups (broad SMARTS) is 1. The van der Waals surface area contributed by atoms with Gasteiger partial charge in [0.25, 0.3) is 5.91 Å². The molecular formula is C39H50FN5O8S. The third kappa shape index (κ3) is 6.92. The maximum atomic E-state index is 14.9. The highest BCUT2D eigenvalue weighted by molar-refractivity contribution is 7.91. The van der Waals surface area contributed by atoms with Crippen molar-refractivity contribution in [1.82, 2.24) is 24.8 Å². The molecule has 5 aliphatic rings. The third-order valence-electron chi connectivity index (χ3n) is 12.1. The number of benzene rings is 1. The van der Waals surface area contributed by atoms with E-state index >= 15 is 0 Å². The summed E-state index contributed by atoms with van der Waals surface area (Å²) in [5, 5.41) is 13.9. The number of aryl methyl sites for hydroxylation is 2. The zero-order chi connectivity index (χ0) is 38.8. The number of rotatable bonds is 6. The van der Waals surface area contributed by atoms with Gasteiger partial charge >= 0.3 is 6.09 Å². The van der Waals surface area contributed by atoms with Gasteiger partial charge < -0.3 is 20.1 Å². The molecule has 2 aromatic rings. The fourth-order valence-corrected chi connectivity index (χ4v) is 9.84. The standard InChI is InChI=1S/C39H50FN5O8S/c1-23(2)21-44(36(49)50)30-11-9-7-5-6-8-10-25-19-39(25,35(48)43-54(51,52)37(4)16-17-37)42-33(46)31-20-38(22-45(31)34(30)47)15-14-27-28-18-26(40)12-13-29(28)41-24(3)32(27)53-38/h8,10,12-13,18,23,25,30-31H,5-7,9,11,14-17,19-22H2,1-4H3,(H,42,46)(H,43,48)(H,49,50)/b10-8-/t25-,30+,31+,38-,39-/m1/s1. The van der Waals surface area contributed by atoms with Crippen LogP contribution in [0.1, 0.15) is 96.2 Å². The summed E-state index contributed by atoms with van der Waals surface area (Å²) in [6, 6.07) is 2.15. The summed E-state index contributed by atoms with van der Waals surface area (Å²) in [5.41, 5.74) is -0.656. The minimum absolute atomic E-state index is 0.0309. The molecule has 5 atom stereocenters. The Balaban J connectivity index is 1.27. The summed E-state index contributed by atoms with van der Waals surface area (Å²) < 4.78 is 48.8. The molecule has 2 aliphatic carbocycles. The Hall–Kier alpha value is -4.27. The maximum absolute atomic E-state index is 14.9. The van der Waals surface area contributed by atoms with Gasteiger partial charge in [0.15, 0.2) is 0 Å². The normalized spacial score (nSPS) is 29.9. The van der Waals surface area contributed by atoms with Gasteiger partial charge in [0.2, 0.25) is 21.8 Å². The van der Waals surface area contributed by atoms with Crippen LogP contribution in [0, 0.1) is 24.6 Å². The molecule has 1 aromatic heterocycles. The largest absolute Gasteiger partial charge is 0.483 e. The molecule has 292 valence electrons. The highest BCUT2D eigenvalue weighted by atomic mass is 32.2. The van der Waals surface area contributed by atoms with Crippen LogP contribution in [0.5, 0.6) is 5.75 Å². The Morgan fingerprint density at radius 2 is 1.93 bits per heavy atom. The lowest BCUT2D eigenvalue weighted by Gasteiger charge is -2.37. The van der Waals surface area contributed by atoms with E-state index in [-0.39, 0.29) is 38.3 Å². The number of amides is 4. The number of hydrogen-bond donors (Lipinski definition) is 3. The fraction of sp³-hybridized carbons (Fsp3) is 0.615. The lowest BCUT2D eigenvalue weighted by atomic mass is 9.87. The average Bonchev–Trinajstić information content (AvgIpc) is 4.00. The van der Waals surface area contributed by atoms with Gasteiger partial charge in [0.1, 0.15) is 34.8 Å². The Morgan fingerprint density at radius 3 is 2.63 bits per heavy atom. The van der Waals surface area contributed by atoms with Crippen molar-refractivity contribution in [2.75, 3.05) is 13.1 Å². The predicted molar refractivity (Wildman–Crippen MR) is 197 cm³/mol. The molecule has 0 radical (unpaired) electrons. The number of pyridine rings is 1. The summed E-state index contributed by atoms with van der Waals surface area (Å²) in [4.78, 5) is 63.4. The molecule has 4 heterocycles. The Labute approximate surface area is 315 Å². The molecule has 1 saturated heterocycles. The van der Waals surface area contributed by atoms with Crippen LogP contribution in [0.3, 0.4) is 0 Å². The van der Waals surface area contributed by atoms with Gasteiger partial charge in [-0.3, -0.25) is 24.0 Å². The molecule has 15 heteroatoms. The molecule has 3 aliphatic heterocycles. The van der Waals surface area contributed by atoms with Crippen molar-refractivity contribution in [3.8, 4) is 5.75 Å². The van der Waals surface area contributed by atoms with Gasteiger partial charge in [0.05, 0.1) is 22.5 Å². The molecule has 0 unspecified atom stereocenters. The summed E-state index contributed by atoms with van der Waals surface area (Å²) >= 11 is 0. The number of hydrogen-bond acceptors (Lipinski definition) is 8. The first-order chi connectivity index (χ1) is 25.5. The smallest absolute Gasteiger partial charge is 0.407 e. The first kappa shape index (κ1) is 38.0. The minimum atomic E-state index is -4.01. The van der Waals surface area contributed by atoms with E-state index in [9.17, 15) is 37.1 Å². The second-order valence-corrected chi connectivity index (χ2v) is 18.9. The number of nitrogens with zero attached hydrogens (tertiary/aromatic N) is 3. The number of carbonyl (C=O) groups excluding carboxylic acids is 3. The van der Waals surface area contributed by atoms with Crippen molar-refractivity contribution in [2.24, 2.45) is 11.8 Å². The molecule has 7 rings (SSSR count). The maximum Gasteiger partial charge on any atom is 0.407 e. The lowest BCUT2D eigenvalue weighted by molar-refractivity contribution is -0.143. The van der Waals surface area contributed by atoms with Crippen molar-refractivity contribution in [3.05, 3.63) is 47.4 Å². The van der Waals surface area contributed by atoms with Crippen LogP contribution in [0.25, 0.3) is 10.9 Å². The summed E-state index contributed by atoms with van der Waals surface area (Å²) in [7, 11) is -4.01. The highest BCUT2D eigenvalue weighted by Crippen LogP contribution is 2.49. The summed E-state index contributed by atoms with van der Waals surface area (Å²) in [6.45, 7) is 7.20. The van der Waals surface area contributed by atoms with Gasteiger partial charge in [-0.05, 0) is 89.3 Å². The second-order valence-electron chi connectivity index (χ2n) is 16.7. The van der Waals surface area contributed by atoms with E-state index in [1.54, 1.807) is 19.9 Å². The molecule has 13 nitrogen and oxygen atoms in total. The quantitative estimate of drug-likeness (QED) is 0.351. The Kier molecular flexibility index (Phi) is 9.71. The highest BCUT2D eigenvalue weighted by Gasteiger charge is 2.64. The van der Waals surface area contributed by atoms with E-state index < -0.39 is 73.5 Å². The monoisotopic (exact) mass is 767 g/mol. The molecule has 1 aromatic carbocycles. The van der Waals surface area contributed by atoms with E-state index in [1.807, 2.05) is 26.0 Å². The zero-order valence-corrected chi connectivity index (χ0v) is 32.1. The van der Waals surface area contributed by atoms with Gasteiger partial charge in [-0.1, -0.05) is 38.8 Å². The SMILES string of the molecule is Cc1nc2ccc(F)cc2c2c1O[C@]1(CC2)C[C@H]2C(=O)N[C@]3(C(=O)NS(=O)(=O)C4(C)CC4)C[C@H]3/C=C\CCCCC[C@H](N(CC(C)C)C(=O)O)C(=O)N2C1. The van der Waals surface area contributed by atoms with Crippen molar-refractivity contribution >= 4 is 44.7 Å². The number of carbonyl (C=O) groups is 4. The second kappa shape index (κ2) is 13.8. The summed E-state index contributed by atoms with van der Waals surface area (Å²) in [5.74, 6) is -2.48. The van der Waals surface area contributed by atoms with Gasteiger partial charge in [-0.15, -0.1) is 0 Å². The predicted octanol–water partition coefficient (Wildman–Crippen LogP) is 4.75. The van der Waals surface area contributed by atoms with Crippen LogP contribution in [0.2, 0.25) is 0 Å². The number of sulfonamides is 1. The van der Waals surface area contributed by atoms with E-state index in [0.717, 1.165) is 18.4 Å². The number of allylic oxidation sites excluding steroid dienone is 1. The van der Waals surface area contributed by atoms with E-state index in [2.05, 4.69) is 15.0 Å². The lowest BCUT2D eigenvalue weighted by Crippen LogP contribution is -2.59. The van der Waals surface area contributed by atoms with Gasteiger partial charge in [-0.25, -0.2) is 22.6 Å². The topological polar surface area (TPSA) is 175 Å². The van der Waals surface area contributed by atoms with E-state index in [4.69, 9.17) is 4.74 Å². The molecule has 54 heavy (non-hydrogen) atoms. The molecular weight excluding hydrogens is 718 g/mol. The molecule has 0 bridgehead atoms. The number of nitrogens with one attached hydrogen (secondary N) is 2. The minimum Gasteiger partial charge on any atom is -0.483 e. The summed E-state index contributed by atoms with van der Waals surface area (Å²) in [6.07, 6.45) is 7.42. The number of ether oxygens (including phenoxy) is 1. The van der Waals surface area contributed by atoms with Crippen molar-refractivity contribution in [2.45, 2.75) is 126 Å². The van der Waals surface area contributed by atoms with Crippen molar-refractivity contribution < 1.29 is 41.8 Å². The van der Waals surface area contributed by atoms with Crippen LogP contribution in [-0.4, -0.2) is 93.2 Å². The average molecular weight is 768 g/mol.